The Morgan fingerprint density at radius 1 is 1.24 bits per heavy atom. The maximum absolute atomic E-state index is 13.2. The Kier molecular flexibility index (Phi) is 6.55. The van der Waals surface area contributed by atoms with Crippen LogP contribution in [0.15, 0.2) is 36.4 Å². The molecule has 0 aliphatic heterocycles. The summed E-state index contributed by atoms with van der Waals surface area (Å²) in [5.74, 6) is -1.50. The molecule has 0 radical (unpaired) electrons. The van der Waals surface area contributed by atoms with Crippen LogP contribution in [-0.2, 0) is 11.2 Å². The molecule has 9 heteroatoms. The van der Waals surface area contributed by atoms with Gasteiger partial charge in [0.25, 0.3) is 5.91 Å². The molecule has 6 nitrogen and oxygen atoms in total. The Labute approximate surface area is 152 Å². The molecule has 0 bridgehead atoms. The summed E-state index contributed by atoms with van der Waals surface area (Å²) in [6.07, 6.45) is 0.474. The van der Waals surface area contributed by atoms with E-state index in [0.717, 1.165) is 23.8 Å². The molecule has 0 unspecified atom stereocenters. The van der Waals surface area contributed by atoms with Crippen molar-refractivity contribution in [2.24, 2.45) is 0 Å². The summed E-state index contributed by atoms with van der Waals surface area (Å²) in [7, 11) is 0. The highest BCUT2D eigenvalue weighted by atomic mass is 35.5. The van der Waals surface area contributed by atoms with Gasteiger partial charge in [-0.15, -0.1) is 0 Å². The van der Waals surface area contributed by atoms with E-state index in [1.165, 1.54) is 0 Å². The molecule has 0 aromatic heterocycles. The molecule has 2 rings (SSSR count). The van der Waals surface area contributed by atoms with E-state index < -0.39 is 28.9 Å². The summed E-state index contributed by atoms with van der Waals surface area (Å²) in [6.45, 7) is -0.187. The number of nitrogens with zero attached hydrogens (tertiary/aromatic N) is 1. The Bertz CT molecular complexity index is 802. The molecule has 0 atom stereocenters. The van der Waals surface area contributed by atoms with Crippen molar-refractivity contribution in [2.45, 2.75) is 6.42 Å². The van der Waals surface area contributed by atoms with E-state index in [9.17, 15) is 19.3 Å². The van der Waals surface area contributed by atoms with Crippen LogP contribution < -0.4 is 10.1 Å². The Balaban J connectivity index is 1.85. The van der Waals surface area contributed by atoms with Crippen LogP contribution in [0.25, 0.3) is 0 Å². The normalized spacial score (nSPS) is 10.4. The van der Waals surface area contributed by atoms with Crippen molar-refractivity contribution in [3.8, 4) is 5.75 Å². The largest absolute Gasteiger partial charge is 0.477 e. The predicted octanol–water partition coefficient (Wildman–Crippen LogP) is 3.78. The van der Waals surface area contributed by atoms with E-state index in [2.05, 4.69) is 5.32 Å². The Hall–Kier alpha value is -2.38. The van der Waals surface area contributed by atoms with Gasteiger partial charge in [-0.25, -0.2) is 4.39 Å². The van der Waals surface area contributed by atoms with Crippen LogP contribution in [0.2, 0.25) is 10.0 Å². The van der Waals surface area contributed by atoms with Gasteiger partial charge < -0.3 is 10.1 Å². The number of halogens is 3. The topological polar surface area (TPSA) is 81.5 Å². The molecule has 2 aromatic carbocycles. The number of carbonyl (C=O) groups is 1. The number of hydrogen-bond acceptors (Lipinski definition) is 4. The number of ether oxygens (including phenoxy) is 1. The van der Waals surface area contributed by atoms with Crippen molar-refractivity contribution >= 4 is 34.8 Å². The van der Waals surface area contributed by atoms with Gasteiger partial charge in [0.2, 0.25) is 5.75 Å². The first-order valence-electron chi connectivity index (χ1n) is 7.14. The highest BCUT2D eigenvalue weighted by Crippen LogP contribution is 2.27. The fourth-order valence-corrected chi connectivity index (χ4v) is 2.51. The number of benzene rings is 2. The highest BCUT2D eigenvalue weighted by molar-refractivity contribution is 6.35. The molecule has 2 aromatic rings. The third-order valence-electron chi connectivity index (χ3n) is 3.21. The van der Waals surface area contributed by atoms with Gasteiger partial charge in [-0.1, -0.05) is 29.3 Å². The summed E-state index contributed by atoms with van der Waals surface area (Å²) >= 11 is 11.8. The standard InChI is InChI=1S/C16H13Cl2FN2O4/c17-11-2-1-10(13(18)7-11)5-6-20-16(22)9-25-15-8-12(19)3-4-14(15)21(23)24/h1-4,7-8H,5-6,9H2,(H,20,22). The summed E-state index contributed by atoms with van der Waals surface area (Å²) in [5, 5.41) is 14.4. The summed E-state index contributed by atoms with van der Waals surface area (Å²) in [5.41, 5.74) is 0.398. The van der Waals surface area contributed by atoms with Crippen molar-refractivity contribution in [3.63, 3.8) is 0 Å². The number of nitrogens with one attached hydrogen (secondary N) is 1. The van der Waals surface area contributed by atoms with Crippen molar-refractivity contribution in [2.75, 3.05) is 13.2 Å². The zero-order valence-corrected chi connectivity index (χ0v) is 14.3. The van der Waals surface area contributed by atoms with E-state index in [1.54, 1.807) is 18.2 Å². The van der Waals surface area contributed by atoms with E-state index in [-0.39, 0.29) is 12.3 Å². The quantitative estimate of drug-likeness (QED) is 0.579. The Morgan fingerprint density at radius 3 is 2.68 bits per heavy atom. The average Bonchev–Trinajstić information content (AvgIpc) is 2.54. The van der Waals surface area contributed by atoms with E-state index in [1.807, 2.05) is 0 Å². The molecule has 0 heterocycles. The minimum atomic E-state index is -0.713. The lowest BCUT2D eigenvalue weighted by molar-refractivity contribution is -0.385. The molecule has 1 amide bonds. The summed E-state index contributed by atoms with van der Waals surface area (Å²) in [4.78, 5) is 21.9. The molecule has 0 saturated heterocycles. The van der Waals surface area contributed by atoms with Gasteiger partial charge in [-0.2, -0.15) is 0 Å². The number of nitro benzene ring substituents is 1. The molecular weight excluding hydrogens is 374 g/mol. The van der Waals surface area contributed by atoms with Gasteiger partial charge >= 0.3 is 5.69 Å². The Morgan fingerprint density at radius 2 is 2.00 bits per heavy atom. The van der Waals surface area contributed by atoms with Crippen LogP contribution in [0.1, 0.15) is 5.56 Å². The predicted molar refractivity (Wildman–Crippen MR) is 91.7 cm³/mol. The van der Waals surface area contributed by atoms with Crippen molar-refractivity contribution < 1.29 is 18.8 Å². The first kappa shape index (κ1) is 19.0. The van der Waals surface area contributed by atoms with Crippen LogP contribution in [0.5, 0.6) is 5.75 Å². The van der Waals surface area contributed by atoms with Gasteiger partial charge in [0, 0.05) is 28.7 Å². The smallest absolute Gasteiger partial charge is 0.311 e. The van der Waals surface area contributed by atoms with Crippen molar-refractivity contribution in [3.05, 3.63) is 67.9 Å². The third kappa shape index (κ3) is 5.58. The van der Waals surface area contributed by atoms with Crippen LogP contribution in [0, 0.1) is 15.9 Å². The molecule has 0 fully saturated rings. The summed E-state index contributed by atoms with van der Waals surface area (Å²) < 4.78 is 18.2. The minimum Gasteiger partial charge on any atom is -0.477 e. The van der Waals surface area contributed by atoms with E-state index >= 15 is 0 Å². The molecule has 1 N–H and O–H groups in total. The zero-order valence-electron chi connectivity index (χ0n) is 12.8. The second-order valence-electron chi connectivity index (χ2n) is 4.99. The van der Waals surface area contributed by atoms with Crippen LogP contribution in [0.4, 0.5) is 10.1 Å². The molecule has 0 aliphatic carbocycles. The van der Waals surface area contributed by atoms with Gasteiger partial charge in [-0.05, 0) is 30.2 Å². The molecule has 25 heavy (non-hydrogen) atoms. The lowest BCUT2D eigenvalue weighted by Gasteiger charge is -2.09. The number of carbonyl (C=O) groups excluding carboxylic acids is 1. The van der Waals surface area contributed by atoms with Gasteiger partial charge in [0.1, 0.15) is 5.82 Å². The highest BCUT2D eigenvalue weighted by Gasteiger charge is 2.17. The van der Waals surface area contributed by atoms with Crippen LogP contribution >= 0.6 is 23.2 Å². The first-order chi connectivity index (χ1) is 11.9. The fourth-order valence-electron chi connectivity index (χ4n) is 2.01. The van der Waals surface area contributed by atoms with Crippen molar-refractivity contribution in [1.82, 2.24) is 5.32 Å². The zero-order chi connectivity index (χ0) is 18.4. The molecular formula is C16H13Cl2FN2O4. The fraction of sp³-hybridized carbons (Fsp3) is 0.188. The lowest BCUT2D eigenvalue weighted by atomic mass is 10.1. The molecule has 0 saturated carbocycles. The maximum Gasteiger partial charge on any atom is 0.311 e. The molecule has 0 aliphatic rings. The van der Waals surface area contributed by atoms with Gasteiger partial charge in [0.05, 0.1) is 4.92 Å². The average molecular weight is 387 g/mol. The number of amides is 1. The van der Waals surface area contributed by atoms with Crippen molar-refractivity contribution in [1.29, 1.82) is 0 Å². The van der Waals surface area contributed by atoms with E-state index in [4.69, 9.17) is 27.9 Å². The maximum atomic E-state index is 13.2. The second-order valence-corrected chi connectivity index (χ2v) is 5.84. The SMILES string of the molecule is O=C(COc1cc(F)ccc1[N+](=O)[O-])NCCc1ccc(Cl)cc1Cl. The molecule has 0 spiro atoms. The monoisotopic (exact) mass is 386 g/mol. The van der Waals surface area contributed by atoms with Crippen LogP contribution in [-0.4, -0.2) is 24.0 Å². The van der Waals surface area contributed by atoms with Crippen LogP contribution in [0.3, 0.4) is 0 Å². The van der Waals surface area contributed by atoms with E-state index in [0.29, 0.717) is 16.5 Å². The number of nitro groups is 1. The lowest BCUT2D eigenvalue weighted by Crippen LogP contribution is -2.30. The number of rotatable bonds is 7. The number of hydrogen-bond donors (Lipinski definition) is 1. The molecule has 132 valence electrons. The third-order valence-corrected chi connectivity index (χ3v) is 3.80. The summed E-state index contributed by atoms with van der Waals surface area (Å²) in [6, 6.07) is 7.83. The second kappa shape index (κ2) is 8.64. The minimum absolute atomic E-state index is 0.286. The van der Waals surface area contributed by atoms with Gasteiger partial charge in [-0.3, -0.25) is 14.9 Å². The first-order valence-corrected chi connectivity index (χ1v) is 7.90. The van der Waals surface area contributed by atoms with Gasteiger partial charge in [0.15, 0.2) is 6.61 Å².